The lowest BCUT2D eigenvalue weighted by Gasteiger charge is -1.89. The molecule has 4 nitrogen and oxygen atoms in total. The molecule has 13 heavy (non-hydrogen) atoms. The van der Waals surface area contributed by atoms with Gasteiger partial charge in [0.1, 0.15) is 5.78 Å². The average Bonchev–Trinajstić information content (AvgIpc) is 2.32. The highest BCUT2D eigenvalue weighted by Crippen LogP contribution is 2.15. The summed E-state index contributed by atoms with van der Waals surface area (Å²) in [6.07, 6.45) is 1.30. The Hall–Kier alpha value is -0.750. The summed E-state index contributed by atoms with van der Waals surface area (Å²) in [6, 6.07) is 0. The molecule has 0 aliphatic rings. The molecule has 0 aliphatic heterocycles. The van der Waals surface area contributed by atoms with E-state index < -0.39 is 9.84 Å². The first-order chi connectivity index (χ1) is 5.89. The molecule has 0 spiro atoms. The Kier molecular flexibility index (Phi) is 2.82. The van der Waals surface area contributed by atoms with Crippen LogP contribution in [0.4, 0.5) is 0 Å². The topological polar surface area (TPSA) is 64.1 Å². The Morgan fingerprint density at radius 1 is 1.62 bits per heavy atom. The van der Waals surface area contributed by atoms with Crippen LogP contribution in [0.5, 0.6) is 0 Å². The molecule has 0 radical (unpaired) electrons. The van der Waals surface area contributed by atoms with E-state index in [-0.39, 0.29) is 16.5 Å². The molecular formula is C7H9NO3S2. The predicted molar refractivity (Wildman–Crippen MR) is 49.6 cm³/mol. The van der Waals surface area contributed by atoms with Crippen LogP contribution < -0.4 is 0 Å². The molecule has 0 amide bonds. The molecule has 0 unspecified atom stereocenters. The molecule has 0 aliphatic carbocycles. The van der Waals surface area contributed by atoms with E-state index in [0.717, 1.165) is 17.6 Å². The minimum Gasteiger partial charge on any atom is -0.300 e. The molecule has 0 aromatic carbocycles. The second kappa shape index (κ2) is 3.55. The first-order valence-electron chi connectivity index (χ1n) is 3.53. The molecule has 0 atom stereocenters. The molecule has 72 valence electrons. The highest BCUT2D eigenvalue weighted by atomic mass is 32.2. The van der Waals surface area contributed by atoms with Crippen LogP contribution in [0.1, 0.15) is 12.6 Å². The van der Waals surface area contributed by atoms with Gasteiger partial charge in [-0.1, -0.05) is 0 Å². The highest BCUT2D eigenvalue weighted by Gasteiger charge is 2.12. The molecule has 0 saturated heterocycles. The van der Waals surface area contributed by atoms with Crippen molar-refractivity contribution in [2.45, 2.75) is 17.7 Å². The molecule has 1 aromatic heterocycles. The van der Waals surface area contributed by atoms with Crippen molar-refractivity contribution in [3.05, 3.63) is 11.1 Å². The normalized spacial score (nSPS) is 11.5. The number of rotatable bonds is 3. The van der Waals surface area contributed by atoms with Gasteiger partial charge >= 0.3 is 0 Å². The second-order valence-electron chi connectivity index (χ2n) is 2.76. The van der Waals surface area contributed by atoms with Gasteiger partial charge in [-0.15, -0.1) is 11.3 Å². The molecule has 0 N–H and O–H groups in total. The van der Waals surface area contributed by atoms with Crippen molar-refractivity contribution in [1.29, 1.82) is 0 Å². The van der Waals surface area contributed by atoms with E-state index in [9.17, 15) is 13.2 Å². The highest BCUT2D eigenvalue weighted by molar-refractivity contribution is 7.92. The summed E-state index contributed by atoms with van der Waals surface area (Å²) >= 11 is 1.05. The molecule has 0 fully saturated rings. The van der Waals surface area contributed by atoms with Crippen LogP contribution in [0.25, 0.3) is 0 Å². The van der Waals surface area contributed by atoms with Crippen molar-refractivity contribution in [3.8, 4) is 0 Å². The van der Waals surface area contributed by atoms with E-state index in [1.54, 1.807) is 5.38 Å². The first kappa shape index (κ1) is 10.3. The minimum atomic E-state index is -3.22. The zero-order chi connectivity index (χ0) is 10.1. The number of nitrogens with zero attached hydrogens (tertiary/aromatic N) is 1. The number of sulfone groups is 1. The SMILES string of the molecule is CC(=O)Cc1csc(S(C)(=O)=O)n1. The van der Waals surface area contributed by atoms with Gasteiger partial charge in [-0.3, -0.25) is 4.79 Å². The van der Waals surface area contributed by atoms with Crippen LogP contribution in [0, 0.1) is 0 Å². The van der Waals surface area contributed by atoms with Crippen LogP contribution in [0.2, 0.25) is 0 Å². The largest absolute Gasteiger partial charge is 0.300 e. The Morgan fingerprint density at radius 3 is 2.62 bits per heavy atom. The maximum atomic E-state index is 11.0. The van der Waals surface area contributed by atoms with E-state index in [4.69, 9.17) is 0 Å². The lowest BCUT2D eigenvalue weighted by Crippen LogP contribution is -1.99. The fraction of sp³-hybridized carbons (Fsp3) is 0.429. The Bertz CT molecular complexity index is 419. The van der Waals surface area contributed by atoms with Crippen molar-refractivity contribution in [1.82, 2.24) is 4.98 Å². The third-order valence-corrected chi connectivity index (χ3v) is 3.88. The Labute approximate surface area is 80.5 Å². The van der Waals surface area contributed by atoms with Crippen molar-refractivity contribution in [3.63, 3.8) is 0 Å². The maximum absolute atomic E-state index is 11.0. The van der Waals surface area contributed by atoms with E-state index in [1.807, 2.05) is 0 Å². The van der Waals surface area contributed by atoms with Crippen molar-refractivity contribution in [2.75, 3.05) is 6.26 Å². The van der Waals surface area contributed by atoms with Gasteiger partial charge in [0.2, 0.25) is 14.2 Å². The van der Waals surface area contributed by atoms with Gasteiger partial charge in [-0.25, -0.2) is 13.4 Å². The monoisotopic (exact) mass is 219 g/mol. The van der Waals surface area contributed by atoms with Crippen LogP contribution in [-0.2, 0) is 21.1 Å². The fourth-order valence-electron chi connectivity index (χ4n) is 0.795. The third-order valence-electron chi connectivity index (χ3n) is 1.28. The van der Waals surface area contributed by atoms with Crippen LogP contribution in [0.15, 0.2) is 9.72 Å². The third kappa shape index (κ3) is 2.89. The molecular weight excluding hydrogens is 210 g/mol. The van der Waals surface area contributed by atoms with Gasteiger partial charge < -0.3 is 0 Å². The lowest BCUT2D eigenvalue weighted by atomic mass is 10.3. The smallest absolute Gasteiger partial charge is 0.209 e. The summed E-state index contributed by atoms with van der Waals surface area (Å²) in [6.45, 7) is 1.44. The summed E-state index contributed by atoms with van der Waals surface area (Å²) in [5, 5.41) is 1.60. The number of aromatic nitrogens is 1. The number of hydrogen-bond acceptors (Lipinski definition) is 5. The molecule has 6 heteroatoms. The zero-order valence-electron chi connectivity index (χ0n) is 7.27. The fourth-order valence-corrected chi connectivity index (χ4v) is 2.46. The first-order valence-corrected chi connectivity index (χ1v) is 6.30. The van der Waals surface area contributed by atoms with Gasteiger partial charge in [0.05, 0.1) is 5.69 Å². The van der Waals surface area contributed by atoms with Gasteiger partial charge in [0.25, 0.3) is 0 Å². The molecule has 1 aromatic rings. The standard InChI is InChI=1S/C7H9NO3S2/c1-5(9)3-6-4-12-7(8-6)13(2,10)11/h4H,3H2,1-2H3. The van der Waals surface area contributed by atoms with Crippen molar-refractivity contribution >= 4 is 27.0 Å². The molecule has 0 bridgehead atoms. The van der Waals surface area contributed by atoms with E-state index in [0.29, 0.717) is 5.69 Å². The quantitative estimate of drug-likeness (QED) is 0.749. The number of hydrogen-bond donors (Lipinski definition) is 0. The number of carbonyl (C=O) groups is 1. The Balaban J connectivity index is 2.94. The Morgan fingerprint density at radius 2 is 2.23 bits per heavy atom. The van der Waals surface area contributed by atoms with E-state index in [1.165, 1.54) is 6.92 Å². The van der Waals surface area contributed by atoms with Gasteiger partial charge in [0.15, 0.2) is 0 Å². The molecule has 1 heterocycles. The van der Waals surface area contributed by atoms with Crippen molar-refractivity contribution < 1.29 is 13.2 Å². The van der Waals surface area contributed by atoms with E-state index >= 15 is 0 Å². The average molecular weight is 219 g/mol. The zero-order valence-corrected chi connectivity index (χ0v) is 8.91. The maximum Gasteiger partial charge on any atom is 0.209 e. The molecule has 1 rings (SSSR count). The van der Waals surface area contributed by atoms with Gasteiger partial charge in [0, 0.05) is 18.1 Å². The predicted octanol–water partition coefficient (Wildman–Crippen LogP) is 0.678. The summed E-state index contributed by atoms with van der Waals surface area (Å²) in [7, 11) is -3.22. The number of Topliss-reactive ketones (excluding diaryl/α,β-unsaturated/α-hetero) is 1. The van der Waals surface area contributed by atoms with E-state index in [2.05, 4.69) is 4.98 Å². The van der Waals surface area contributed by atoms with Crippen LogP contribution in [0.3, 0.4) is 0 Å². The van der Waals surface area contributed by atoms with Gasteiger partial charge in [-0.2, -0.15) is 0 Å². The number of ketones is 1. The summed E-state index contributed by atoms with van der Waals surface area (Å²) in [5.74, 6) is -0.0228. The number of carbonyl (C=O) groups excluding carboxylic acids is 1. The number of thiazole rings is 1. The van der Waals surface area contributed by atoms with Crippen LogP contribution in [-0.4, -0.2) is 25.4 Å². The van der Waals surface area contributed by atoms with Crippen LogP contribution >= 0.6 is 11.3 Å². The lowest BCUT2D eigenvalue weighted by molar-refractivity contribution is -0.116. The summed E-state index contributed by atoms with van der Waals surface area (Å²) < 4.78 is 22.1. The summed E-state index contributed by atoms with van der Waals surface area (Å²) in [4.78, 5) is 14.5. The van der Waals surface area contributed by atoms with Gasteiger partial charge in [-0.05, 0) is 6.92 Å². The second-order valence-corrected chi connectivity index (χ2v) is 5.80. The van der Waals surface area contributed by atoms with Crippen molar-refractivity contribution in [2.24, 2.45) is 0 Å². The molecule has 0 saturated carbocycles. The minimum absolute atomic E-state index is 0.0228. The summed E-state index contributed by atoms with van der Waals surface area (Å²) in [5.41, 5.74) is 0.526.